The van der Waals surface area contributed by atoms with E-state index in [4.69, 9.17) is 9.97 Å². The van der Waals surface area contributed by atoms with Crippen molar-refractivity contribution in [3.05, 3.63) is 106 Å². The molecule has 0 atom stereocenters. The average Bonchev–Trinajstić information content (AvgIpc) is 3.68. The van der Waals surface area contributed by atoms with Crippen molar-refractivity contribution >= 4 is 58.5 Å². The van der Waals surface area contributed by atoms with Crippen molar-refractivity contribution in [2.24, 2.45) is 0 Å². The summed E-state index contributed by atoms with van der Waals surface area (Å²) in [5.74, 6) is 0. The highest BCUT2D eigenvalue weighted by Gasteiger charge is 2.05. The summed E-state index contributed by atoms with van der Waals surface area (Å²) in [5.41, 5.74) is 9.76. The Morgan fingerprint density at radius 2 is 1.19 bits per heavy atom. The van der Waals surface area contributed by atoms with Gasteiger partial charge in [-0.2, -0.15) is 10.5 Å². The van der Waals surface area contributed by atoms with Gasteiger partial charge >= 0.3 is 0 Å². The lowest BCUT2D eigenvalue weighted by molar-refractivity contribution is 1.31. The molecule has 0 fully saturated rings. The highest BCUT2D eigenvalue weighted by molar-refractivity contribution is 5.85. The van der Waals surface area contributed by atoms with Gasteiger partial charge < -0.3 is 9.97 Å². The van der Waals surface area contributed by atoms with Crippen LogP contribution in [0, 0.1) is 22.7 Å². The standard InChI is InChI=1S/C30H18N6/c31-17-21-4-2-19(11-22(21)18-32)1-3-20-12-29-15-27-8-7-25(34-27)13-23-5-6-24(33-23)14-26-9-10-28(35-26)16-30(20)36-29/h1-16,33,36H. The minimum absolute atomic E-state index is 0.362. The predicted molar refractivity (Wildman–Crippen MR) is 144 cm³/mol. The quantitative estimate of drug-likeness (QED) is 0.304. The molecule has 6 rings (SSSR count). The predicted octanol–water partition coefficient (Wildman–Crippen LogP) is 6.57. The summed E-state index contributed by atoms with van der Waals surface area (Å²) in [4.78, 5) is 16.3. The van der Waals surface area contributed by atoms with Crippen molar-refractivity contribution in [3.8, 4) is 12.1 Å². The fraction of sp³-hybridized carbons (Fsp3) is 0. The van der Waals surface area contributed by atoms with Crippen LogP contribution in [-0.4, -0.2) is 19.9 Å². The fourth-order valence-electron chi connectivity index (χ4n) is 4.22. The molecule has 3 aromatic heterocycles. The van der Waals surface area contributed by atoms with Gasteiger partial charge in [0.15, 0.2) is 0 Å². The molecule has 4 aromatic rings. The second-order valence-electron chi connectivity index (χ2n) is 8.49. The Kier molecular flexibility index (Phi) is 5.11. The summed E-state index contributed by atoms with van der Waals surface area (Å²) in [7, 11) is 0. The van der Waals surface area contributed by atoms with Crippen LogP contribution in [-0.2, 0) is 0 Å². The first-order chi connectivity index (χ1) is 17.6. The third-order valence-corrected chi connectivity index (χ3v) is 5.94. The highest BCUT2D eigenvalue weighted by Crippen LogP contribution is 2.22. The van der Waals surface area contributed by atoms with Gasteiger partial charge in [0, 0.05) is 27.6 Å². The molecule has 1 aromatic carbocycles. The zero-order valence-corrected chi connectivity index (χ0v) is 19.0. The van der Waals surface area contributed by atoms with Gasteiger partial charge in [-0.05, 0) is 84.5 Å². The fourth-order valence-corrected chi connectivity index (χ4v) is 4.22. The Hall–Kier alpha value is -5.46. The van der Waals surface area contributed by atoms with E-state index in [1.54, 1.807) is 12.1 Å². The molecule has 0 radical (unpaired) electrons. The van der Waals surface area contributed by atoms with Crippen LogP contribution >= 0.6 is 0 Å². The molecule has 8 bridgehead atoms. The third-order valence-electron chi connectivity index (χ3n) is 5.94. The molecule has 2 aliphatic heterocycles. The Morgan fingerprint density at radius 1 is 0.583 bits per heavy atom. The van der Waals surface area contributed by atoms with E-state index in [9.17, 15) is 10.5 Å². The minimum Gasteiger partial charge on any atom is -0.355 e. The van der Waals surface area contributed by atoms with Gasteiger partial charge in [-0.15, -0.1) is 0 Å². The molecule has 0 saturated carbocycles. The van der Waals surface area contributed by atoms with Crippen molar-refractivity contribution in [1.29, 1.82) is 10.5 Å². The SMILES string of the molecule is N#Cc1ccc(C=Cc2cc3cc4nc(cc5ccc(cc6nc(cc2[nH]3)C=C6)[nH]5)C=C4)cc1C#N. The van der Waals surface area contributed by atoms with Crippen molar-refractivity contribution in [2.75, 3.05) is 0 Å². The van der Waals surface area contributed by atoms with Gasteiger partial charge in [0.05, 0.1) is 33.9 Å². The normalized spacial score (nSPS) is 12.1. The summed E-state index contributed by atoms with van der Waals surface area (Å²) in [6.45, 7) is 0. The number of aromatic nitrogens is 4. The molecule has 0 spiro atoms. The summed E-state index contributed by atoms with van der Waals surface area (Å²) < 4.78 is 0. The highest BCUT2D eigenvalue weighted by atomic mass is 14.8. The lowest BCUT2D eigenvalue weighted by atomic mass is 10.0. The summed E-state index contributed by atoms with van der Waals surface area (Å²) in [6.07, 6.45) is 11.9. The van der Waals surface area contributed by atoms with Crippen LogP contribution in [0.25, 0.3) is 58.5 Å². The van der Waals surface area contributed by atoms with E-state index in [0.29, 0.717) is 11.1 Å². The van der Waals surface area contributed by atoms with E-state index >= 15 is 0 Å². The van der Waals surface area contributed by atoms with Crippen LogP contribution in [0.5, 0.6) is 0 Å². The molecule has 0 saturated heterocycles. The number of nitrogens with one attached hydrogen (secondary N) is 2. The molecule has 36 heavy (non-hydrogen) atoms. The van der Waals surface area contributed by atoms with Gasteiger partial charge in [0.2, 0.25) is 0 Å². The Labute approximate surface area is 206 Å². The number of aromatic amines is 2. The van der Waals surface area contributed by atoms with E-state index in [1.807, 2.05) is 78.9 Å². The lowest BCUT2D eigenvalue weighted by Crippen LogP contribution is -1.84. The van der Waals surface area contributed by atoms with Gasteiger partial charge in [-0.1, -0.05) is 18.2 Å². The van der Waals surface area contributed by atoms with Gasteiger partial charge in [0.1, 0.15) is 12.1 Å². The second-order valence-corrected chi connectivity index (χ2v) is 8.49. The summed E-state index contributed by atoms with van der Waals surface area (Å²) in [6, 6.07) is 23.5. The van der Waals surface area contributed by atoms with Gasteiger partial charge in [-0.3, -0.25) is 0 Å². The number of rotatable bonds is 2. The molecule has 0 unspecified atom stereocenters. The molecule has 0 aliphatic carbocycles. The summed E-state index contributed by atoms with van der Waals surface area (Å²) in [5, 5.41) is 18.5. The third kappa shape index (κ3) is 4.23. The van der Waals surface area contributed by atoms with E-state index < -0.39 is 0 Å². The molecular formula is C30H18N6. The first-order valence-electron chi connectivity index (χ1n) is 11.4. The van der Waals surface area contributed by atoms with Crippen LogP contribution in [0.15, 0.2) is 60.7 Å². The molecule has 5 heterocycles. The van der Waals surface area contributed by atoms with Crippen molar-refractivity contribution in [3.63, 3.8) is 0 Å². The molecule has 2 aliphatic rings. The molecule has 2 N–H and O–H groups in total. The number of nitrogens with zero attached hydrogens (tertiary/aromatic N) is 4. The molecule has 6 nitrogen and oxygen atoms in total. The number of hydrogen-bond donors (Lipinski definition) is 2. The number of hydrogen-bond acceptors (Lipinski definition) is 4. The van der Waals surface area contributed by atoms with E-state index in [-0.39, 0.29) is 0 Å². The first kappa shape index (κ1) is 21.1. The van der Waals surface area contributed by atoms with Crippen molar-refractivity contribution in [2.45, 2.75) is 0 Å². The zero-order valence-electron chi connectivity index (χ0n) is 19.0. The Morgan fingerprint density at radius 3 is 1.83 bits per heavy atom. The Balaban J connectivity index is 1.53. The maximum Gasteiger partial charge on any atom is 0.101 e. The van der Waals surface area contributed by atoms with E-state index in [2.05, 4.69) is 28.2 Å². The maximum atomic E-state index is 9.34. The Bertz CT molecular complexity index is 1870. The van der Waals surface area contributed by atoms with Gasteiger partial charge in [-0.25, -0.2) is 9.97 Å². The summed E-state index contributed by atoms with van der Waals surface area (Å²) >= 11 is 0. The van der Waals surface area contributed by atoms with Gasteiger partial charge in [0.25, 0.3) is 0 Å². The number of benzene rings is 1. The van der Waals surface area contributed by atoms with Crippen LogP contribution in [0.1, 0.15) is 45.0 Å². The average molecular weight is 463 g/mol. The number of H-pyrrole nitrogens is 2. The monoisotopic (exact) mass is 462 g/mol. The number of fused-ring (bicyclic) bond motifs is 8. The van der Waals surface area contributed by atoms with Crippen LogP contribution in [0.3, 0.4) is 0 Å². The molecular weight excluding hydrogens is 444 g/mol. The minimum atomic E-state index is 0.362. The van der Waals surface area contributed by atoms with Crippen LogP contribution < -0.4 is 0 Å². The maximum absolute atomic E-state index is 9.34. The van der Waals surface area contributed by atoms with E-state index in [1.165, 1.54) is 0 Å². The smallest absolute Gasteiger partial charge is 0.101 e. The van der Waals surface area contributed by atoms with Crippen LogP contribution in [0.4, 0.5) is 0 Å². The second kappa shape index (κ2) is 8.72. The molecule has 168 valence electrons. The lowest BCUT2D eigenvalue weighted by Gasteiger charge is -1.97. The largest absolute Gasteiger partial charge is 0.355 e. The zero-order chi connectivity index (χ0) is 24.5. The topological polar surface area (TPSA) is 105 Å². The van der Waals surface area contributed by atoms with Crippen LogP contribution in [0.2, 0.25) is 0 Å². The molecule has 0 amide bonds. The molecule has 6 heteroatoms. The van der Waals surface area contributed by atoms with E-state index in [0.717, 1.165) is 56.0 Å². The van der Waals surface area contributed by atoms with Crippen molar-refractivity contribution < 1.29 is 0 Å². The first-order valence-corrected chi connectivity index (χ1v) is 11.4. The van der Waals surface area contributed by atoms with Crippen molar-refractivity contribution in [1.82, 2.24) is 19.9 Å². The number of nitriles is 2.